The third-order valence-electron chi connectivity index (χ3n) is 2.63. The highest BCUT2D eigenvalue weighted by Gasteiger charge is 2.29. The summed E-state index contributed by atoms with van der Waals surface area (Å²) in [4.78, 5) is 0. The number of alkyl halides is 1. The second-order valence-electron chi connectivity index (χ2n) is 3.47. The first kappa shape index (κ1) is 8.78. The molecule has 1 nitrogen and oxygen atoms in total. The molecule has 4 atom stereocenters. The Hall–Kier alpha value is 0.690. The third kappa shape index (κ3) is 1.84. The van der Waals surface area contributed by atoms with Gasteiger partial charge in [-0.05, 0) is 24.7 Å². The highest BCUT2D eigenvalue weighted by atomic mass is 127. The van der Waals surface area contributed by atoms with E-state index in [0.717, 1.165) is 6.42 Å². The zero-order chi connectivity index (χ0) is 7.72. The van der Waals surface area contributed by atoms with Crippen LogP contribution in [-0.4, -0.2) is 15.1 Å². The van der Waals surface area contributed by atoms with Gasteiger partial charge in [0, 0.05) is 3.92 Å². The highest BCUT2D eigenvalue weighted by Crippen LogP contribution is 2.33. The molecule has 1 fully saturated rings. The van der Waals surface area contributed by atoms with Gasteiger partial charge >= 0.3 is 0 Å². The Morgan fingerprint density at radius 3 is 2.40 bits per heavy atom. The van der Waals surface area contributed by atoms with Crippen LogP contribution in [-0.2, 0) is 0 Å². The number of aliphatic hydroxyl groups is 1. The van der Waals surface area contributed by atoms with Crippen molar-refractivity contribution in [2.75, 3.05) is 0 Å². The van der Waals surface area contributed by atoms with Crippen LogP contribution in [0.5, 0.6) is 0 Å². The summed E-state index contributed by atoms with van der Waals surface area (Å²) in [7, 11) is 0. The van der Waals surface area contributed by atoms with Crippen molar-refractivity contribution < 1.29 is 5.11 Å². The average Bonchev–Trinajstić information content (AvgIpc) is 1.82. The molecule has 0 heterocycles. The molecule has 10 heavy (non-hydrogen) atoms. The number of halogens is 1. The number of aliphatic hydroxyl groups excluding tert-OH is 1. The van der Waals surface area contributed by atoms with Crippen LogP contribution in [0.2, 0.25) is 0 Å². The van der Waals surface area contributed by atoms with Gasteiger partial charge in [-0.2, -0.15) is 0 Å². The Labute approximate surface area is 76.3 Å². The lowest BCUT2D eigenvalue weighted by atomic mass is 9.80. The van der Waals surface area contributed by atoms with Gasteiger partial charge in [0.05, 0.1) is 6.10 Å². The molecule has 0 spiro atoms. The van der Waals surface area contributed by atoms with Crippen molar-refractivity contribution in [1.82, 2.24) is 0 Å². The molecule has 1 aliphatic carbocycles. The van der Waals surface area contributed by atoms with E-state index >= 15 is 0 Å². The van der Waals surface area contributed by atoms with Gasteiger partial charge in [-0.25, -0.2) is 0 Å². The topological polar surface area (TPSA) is 20.2 Å². The lowest BCUT2D eigenvalue weighted by molar-refractivity contribution is 0.0537. The summed E-state index contributed by atoms with van der Waals surface area (Å²) in [6.45, 7) is 4.39. The fourth-order valence-electron chi connectivity index (χ4n) is 1.57. The fraction of sp³-hybridized carbons (Fsp3) is 1.00. The van der Waals surface area contributed by atoms with E-state index in [4.69, 9.17) is 0 Å². The van der Waals surface area contributed by atoms with Crippen LogP contribution in [0.3, 0.4) is 0 Å². The summed E-state index contributed by atoms with van der Waals surface area (Å²) >= 11 is 2.44. The Balaban J connectivity index is 2.49. The van der Waals surface area contributed by atoms with Gasteiger partial charge in [-0.3, -0.25) is 0 Å². The van der Waals surface area contributed by atoms with Crippen molar-refractivity contribution in [2.45, 2.75) is 36.7 Å². The van der Waals surface area contributed by atoms with Gasteiger partial charge in [-0.1, -0.05) is 36.4 Å². The van der Waals surface area contributed by atoms with Crippen molar-refractivity contribution in [2.24, 2.45) is 11.8 Å². The maximum absolute atomic E-state index is 9.51. The highest BCUT2D eigenvalue weighted by molar-refractivity contribution is 14.1. The lowest BCUT2D eigenvalue weighted by Crippen LogP contribution is -2.33. The molecule has 0 aromatic rings. The average molecular weight is 254 g/mol. The van der Waals surface area contributed by atoms with E-state index in [1.165, 1.54) is 6.42 Å². The molecule has 1 saturated carbocycles. The van der Waals surface area contributed by atoms with E-state index in [1.54, 1.807) is 0 Å². The van der Waals surface area contributed by atoms with Crippen molar-refractivity contribution in [3.63, 3.8) is 0 Å². The summed E-state index contributed by atoms with van der Waals surface area (Å²) in [6.07, 6.45) is 2.22. The van der Waals surface area contributed by atoms with Crippen molar-refractivity contribution >= 4 is 22.6 Å². The van der Waals surface area contributed by atoms with E-state index in [2.05, 4.69) is 36.4 Å². The second-order valence-corrected chi connectivity index (χ2v) is 5.23. The van der Waals surface area contributed by atoms with Crippen LogP contribution >= 0.6 is 22.6 Å². The summed E-state index contributed by atoms with van der Waals surface area (Å²) in [6, 6.07) is 0. The molecule has 0 amide bonds. The zero-order valence-corrected chi connectivity index (χ0v) is 8.71. The minimum atomic E-state index is -0.0503. The maximum atomic E-state index is 9.51. The van der Waals surface area contributed by atoms with Crippen LogP contribution in [0, 0.1) is 11.8 Å². The zero-order valence-electron chi connectivity index (χ0n) is 6.55. The quantitative estimate of drug-likeness (QED) is 0.519. The first-order valence-corrected chi connectivity index (χ1v) is 5.18. The smallest absolute Gasteiger partial charge is 0.0578 e. The van der Waals surface area contributed by atoms with Crippen molar-refractivity contribution in [3.05, 3.63) is 0 Å². The molecule has 0 radical (unpaired) electrons. The number of hydrogen-bond donors (Lipinski definition) is 1. The van der Waals surface area contributed by atoms with Gasteiger partial charge in [-0.15, -0.1) is 0 Å². The molecule has 0 aliphatic heterocycles. The molecule has 1 rings (SSSR count). The molecule has 1 aliphatic rings. The third-order valence-corrected chi connectivity index (χ3v) is 3.65. The second kappa shape index (κ2) is 3.39. The molecular weight excluding hydrogens is 239 g/mol. The molecule has 1 N–H and O–H groups in total. The van der Waals surface area contributed by atoms with Crippen LogP contribution in [0.4, 0.5) is 0 Å². The normalized spacial score (nSPS) is 49.2. The van der Waals surface area contributed by atoms with Crippen LogP contribution in [0.15, 0.2) is 0 Å². The van der Waals surface area contributed by atoms with E-state index in [-0.39, 0.29) is 6.10 Å². The monoisotopic (exact) mass is 254 g/mol. The molecule has 0 unspecified atom stereocenters. The Kier molecular flexibility index (Phi) is 2.98. The van der Waals surface area contributed by atoms with Crippen LogP contribution in [0.1, 0.15) is 26.7 Å². The molecule has 60 valence electrons. The van der Waals surface area contributed by atoms with E-state index in [9.17, 15) is 5.11 Å². The molecular formula is C8H15IO. The minimum Gasteiger partial charge on any atom is -0.393 e. The summed E-state index contributed by atoms with van der Waals surface area (Å²) in [5.74, 6) is 1.21. The van der Waals surface area contributed by atoms with E-state index in [1.807, 2.05) is 0 Å². The first-order chi connectivity index (χ1) is 4.61. The number of rotatable bonds is 0. The lowest BCUT2D eigenvalue weighted by Gasteiger charge is -2.33. The van der Waals surface area contributed by atoms with Gasteiger partial charge < -0.3 is 5.11 Å². The predicted octanol–water partition coefficient (Wildman–Crippen LogP) is 2.22. The van der Waals surface area contributed by atoms with E-state index < -0.39 is 0 Å². The predicted molar refractivity (Wildman–Crippen MR) is 51.4 cm³/mol. The van der Waals surface area contributed by atoms with Gasteiger partial charge in [0.25, 0.3) is 0 Å². The first-order valence-electron chi connectivity index (χ1n) is 3.93. The van der Waals surface area contributed by atoms with Gasteiger partial charge in [0.1, 0.15) is 0 Å². The van der Waals surface area contributed by atoms with Gasteiger partial charge in [0.2, 0.25) is 0 Å². The minimum absolute atomic E-state index is 0.0503. The van der Waals surface area contributed by atoms with Crippen molar-refractivity contribution in [3.8, 4) is 0 Å². The summed E-state index contributed by atoms with van der Waals surface area (Å²) in [5.41, 5.74) is 0. The van der Waals surface area contributed by atoms with E-state index in [0.29, 0.717) is 15.8 Å². The van der Waals surface area contributed by atoms with Gasteiger partial charge in [0.15, 0.2) is 0 Å². The molecule has 0 aromatic carbocycles. The Morgan fingerprint density at radius 2 is 1.90 bits per heavy atom. The summed E-state index contributed by atoms with van der Waals surface area (Å²) < 4.78 is 0.693. The molecule has 2 heteroatoms. The summed E-state index contributed by atoms with van der Waals surface area (Å²) in [5, 5.41) is 9.51. The number of hydrogen-bond acceptors (Lipinski definition) is 1. The van der Waals surface area contributed by atoms with Crippen LogP contribution in [0.25, 0.3) is 0 Å². The standard InChI is InChI=1S/C8H15IO/c1-5-3-7(9)4-8(10)6(5)2/h5-8,10H,3-4H2,1-2H3/t5-,6-,7+,8-/m0/s1. The molecule has 0 aromatic heterocycles. The SMILES string of the molecule is C[C@H]1[C@@H](C)C[C@@H](I)C[C@@H]1O. The van der Waals surface area contributed by atoms with Crippen LogP contribution < -0.4 is 0 Å². The van der Waals surface area contributed by atoms with Crippen molar-refractivity contribution in [1.29, 1.82) is 0 Å². The maximum Gasteiger partial charge on any atom is 0.0578 e. The fourth-order valence-corrected chi connectivity index (χ4v) is 2.89. The Morgan fingerprint density at radius 1 is 1.30 bits per heavy atom. The molecule has 0 saturated heterocycles. The molecule has 0 bridgehead atoms. The Bertz CT molecular complexity index is 104. The largest absolute Gasteiger partial charge is 0.393 e.